The Morgan fingerprint density at radius 3 is 2.12 bits per heavy atom. The smallest absolute Gasteiger partial charge is 0.253 e. The predicted octanol–water partition coefficient (Wildman–Crippen LogP) is 2.59. The molecular weight excluding hydrogens is 330 g/mol. The lowest BCUT2D eigenvalue weighted by Crippen LogP contribution is -2.29. The molecule has 0 aliphatic carbocycles. The molecule has 2 aromatic carbocycles. The van der Waals surface area contributed by atoms with Crippen molar-refractivity contribution in [3.63, 3.8) is 0 Å². The van der Waals surface area contributed by atoms with Crippen LogP contribution in [0.4, 0.5) is 5.69 Å². The van der Waals surface area contributed by atoms with Crippen LogP contribution in [0.2, 0.25) is 0 Å². The maximum atomic E-state index is 12.4. The van der Waals surface area contributed by atoms with Crippen LogP contribution in [0.1, 0.15) is 35.3 Å². The highest BCUT2D eigenvalue weighted by Crippen LogP contribution is 2.18. The molecule has 2 aromatic rings. The van der Waals surface area contributed by atoms with Crippen molar-refractivity contribution >= 4 is 23.4 Å². The van der Waals surface area contributed by atoms with Gasteiger partial charge >= 0.3 is 0 Å². The molecule has 3 amide bonds. The van der Waals surface area contributed by atoms with Gasteiger partial charge in [0.1, 0.15) is 0 Å². The van der Waals surface area contributed by atoms with E-state index < -0.39 is 6.04 Å². The Balaban J connectivity index is 2.03. The van der Waals surface area contributed by atoms with E-state index in [0.717, 1.165) is 5.56 Å². The summed E-state index contributed by atoms with van der Waals surface area (Å²) >= 11 is 0. The Bertz CT molecular complexity index is 771. The average molecular weight is 353 g/mol. The zero-order valence-corrected chi connectivity index (χ0v) is 15.2. The van der Waals surface area contributed by atoms with Gasteiger partial charge in [-0.3, -0.25) is 14.4 Å². The van der Waals surface area contributed by atoms with Crippen molar-refractivity contribution in [3.05, 3.63) is 65.7 Å². The van der Waals surface area contributed by atoms with Crippen LogP contribution in [0, 0.1) is 0 Å². The van der Waals surface area contributed by atoms with Crippen molar-refractivity contribution in [2.45, 2.75) is 19.4 Å². The monoisotopic (exact) mass is 353 g/mol. The molecule has 0 radical (unpaired) electrons. The molecule has 2 N–H and O–H groups in total. The van der Waals surface area contributed by atoms with E-state index in [1.54, 1.807) is 38.4 Å². The third-order valence-electron chi connectivity index (χ3n) is 3.79. The lowest BCUT2D eigenvalue weighted by Gasteiger charge is -2.18. The van der Waals surface area contributed by atoms with Gasteiger partial charge in [-0.05, 0) is 29.8 Å². The molecule has 0 aliphatic heterocycles. The van der Waals surface area contributed by atoms with Gasteiger partial charge in [0.15, 0.2) is 0 Å². The topological polar surface area (TPSA) is 78.5 Å². The number of carbonyl (C=O) groups is 3. The summed E-state index contributed by atoms with van der Waals surface area (Å²) in [6.07, 6.45) is 0.113. The van der Waals surface area contributed by atoms with Gasteiger partial charge < -0.3 is 15.5 Å². The molecule has 6 heteroatoms. The maximum Gasteiger partial charge on any atom is 0.253 e. The fourth-order valence-electron chi connectivity index (χ4n) is 2.53. The number of benzene rings is 2. The fourth-order valence-corrected chi connectivity index (χ4v) is 2.53. The van der Waals surface area contributed by atoms with Gasteiger partial charge in [-0.25, -0.2) is 0 Å². The zero-order chi connectivity index (χ0) is 19.1. The van der Waals surface area contributed by atoms with E-state index in [0.29, 0.717) is 11.3 Å². The van der Waals surface area contributed by atoms with Crippen LogP contribution < -0.4 is 10.6 Å². The van der Waals surface area contributed by atoms with Crippen LogP contribution in [-0.4, -0.2) is 36.7 Å². The summed E-state index contributed by atoms with van der Waals surface area (Å²) in [6, 6.07) is 15.7. The summed E-state index contributed by atoms with van der Waals surface area (Å²) < 4.78 is 0. The van der Waals surface area contributed by atoms with E-state index in [4.69, 9.17) is 0 Å². The standard InChI is InChI=1S/C20H23N3O3/c1-14(24)21-18(15-7-5-4-6-8-15)13-19(25)22-17-11-9-16(10-12-17)20(26)23(2)3/h4-12,18H,13H2,1-3H3,(H,21,24)(H,22,25)/t18-/m1/s1. The van der Waals surface area contributed by atoms with Crippen LogP contribution >= 0.6 is 0 Å². The second kappa shape index (κ2) is 8.80. The number of nitrogens with zero attached hydrogens (tertiary/aromatic N) is 1. The summed E-state index contributed by atoms with van der Waals surface area (Å²) in [6.45, 7) is 1.42. The SMILES string of the molecule is CC(=O)N[C@H](CC(=O)Nc1ccc(C(=O)N(C)C)cc1)c1ccccc1. The van der Waals surface area contributed by atoms with Crippen LogP contribution in [0.5, 0.6) is 0 Å². The molecule has 26 heavy (non-hydrogen) atoms. The number of carbonyl (C=O) groups excluding carboxylic acids is 3. The Hall–Kier alpha value is -3.15. The minimum Gasteiger partial charge on any atom is -0.349 e. The Kier molecular flexibility index (Phi) is 6.49. The molecule has 1 atom stereocenters. The average Bonchev–Trinajstić information content (AvgIpc) is 2.61. The van der Waals surface area contributed by atoms with Crippen LogP contribution in [0.15, 0.2) is 54.6 Å². The lowest BCUT2D eigenvalue weighted by molar-refractivity contribution is -0.120. The van der Waals surface area contributed by atoms with Crippen LogP contribution in [0.3, 0.4) is 0 Å². The molecule has 6 nitrogen and oxygen atoms in total. The third-order valence-corrected chi connectivity index (χ3v) is 3.79. The van der Waals surface area contributed by atoms with E-state index in [1.165, 1.54) is 11.8 Å². The third kappa shape index (κ3) is 5.44. The van der Waals surface area contributed by atoms with Gasteiger partial charge in [0.2, 0.25) is 11.8 Å². The number of hydrogen-bond donors (Lipinski definition) is 2. The van der Waals surface area contributed by atoms with E-state index in [1.807, 2.05) is 30.3 Å². The van der Waals surface area contributed by atoms with E-state index >= 15 is 0 Å². The summed E-state index contributed by atoms with van der Waals surface area (Å²) in [5.74, 6) is -0.518. The number of nitrogens with one attached hydrogen (secondary N) is 2. The quantitative estimate of drug-likeness (QED) is 0.838. The molecular formula is C20H23N3O3. The minimum absolute atomic E-state index is 0.0994. The Labute approximate surface area is 153 Å². The van der Waals surface area contributed by atoms with Gasteiger partial charge in [-0.1, -0.05) is 30.3 Å². The van der Waals surface area contributed by atoms with Crippen molar-refractivity contribution in [3.8, 4) is 0 Å². The second-order valence-corrected chi connectivity index (χ2v) is 6.19. The molecule has 0 saturated heterocycles. The number of rotatable bonds is 6. The van der Waals surface area contributed by atoms with E-state index in [-0.39, 0.29) is 24.1 Å². The van der Waals surface area contributed by atoms with Crippen LogP contribution in [-0.2, 0) is 9.59 Å². The number of hydrogen-bond acceptors (Lipinski definition) is 3. The first-order valence-corrected chi connectivity index (χ1v) is 8.30. The molecule has 0 heterocycles. The van der Waals surface area contributed by atoms with Gasteiger partial charge in [0.05, 0.1) is 12.5 Å². The molecule has 0 spiro atoms. The zero-order valence-electron chi connectivity index (χ0n) is 15.2. The number of amides is 3. The first kappa shape index (κ1) is 19.2. The summed E-state index contributed by atoms with van der Waals surface area (Å²) in [5, 5.41) is 5.60. The van der Waals surface area contributed by atoms with E-state index in [2.05, 4.69) is 10.6 Å². The molecule has 2 rings (SSSR count). The molecule has 0 fully saturated rings. The van der Waals surface area contributed by atoms with Gasteiger partial charge in [0.25, 0.3) is 5.91 Å². The minimum atomic E-state index is -0.400. The van der Waals surface area contributed by atoms with Crippen molar-refractivity contribution in [2.75, 3.05) is 19.4 Å². The summed E-state index contributed by atoms with van der Waals surface area (Å²) in [5.41, 5.74) is 2.01. The highest BCUT2D eigenvalue weighted by Gasteiger charge is 2.17. The second-order valence-electron chi connectivity index (χ2n) is 6.19. The largest absolute Gasteiger partial charge is 0.349 e. The summed E-state index contributed by atoms with van der Waals surface area (Å²) in [7, 11) is 3.37. The Morgan fingerprint density at radius 2 is 1.58 bits per heavy atom. The van der Waals surface area contributed by atoms with Crippen molar-refractivity contribution in [1.82, 2.24) is 10.2 Å². The fraction of sp³-hybridized carbons (Fsp3) is 0.250. The van der Waals surface area contributed by atoms with Crippen molar-refractivity contribution in [2.24, 2.45) is 0 Å². The van der Waals surface area contributed by atoms with E-state index in [9.17, 15) is 14.4 Å². The van der Waals surface area contributed by atoms with Crippen LogP contribution in [0.25, 0.3) is 0 Å². The maximum absolute atomic E-state index is 12.4. The van der Waals surface area contributed by atoms with Gasteiger partial charge in [-0.15, -0.1) is 0 Å². The first-order valence-electron chi connectivity index (χ1n) is 8.30. The normalized spacial score (nSPS) is 11.3. The molecule has 0 bridgehead atoms. The molecule has 136 valence electrons. The first-order chi connectivity index (χ1) is 12.4. The number of anilines is 1. The van der Waals surface area contributed by atoms with Crippen molar-refractivity contribution in [1.29, 1.82) is 0 Å². The molecule has 0 unspecified atom stereocenters. The predicted molar refractivity (Wildman–Crippen MR) is 101 cm³/mol. The summed E-state index contributed by atoms with van der Waals surface area (Å²) in [4.78, 5) is 37.2. The lowest BCUT2D eigenvalue weighted by atomic mass is 10.0. The van der Waals surface area contributed by atoms with Crippen molar-refractivity contribution < 1.29 is 14.4 Å². The highest BCUT2D eigenvalue weighted by atomic mass is 16.2. The molecule has 0 aromatic heterocycles. The molecule has 0 saturated carbocycles. The Morgan fingerprint density at radius 1 is 0.962 bits per heavy atom. The van der Waals surface area contributed by atoms with Gasteiger partial charge in [0, 0.05) is 32.3 Å². The van der Waals surface area contributed by atoms with Gasteiger partial charge in [-0.2, -0.15) is 0 Å². The highest BCUT2D eigenvalue weighted by molar-refractivity contribution is 5.95. The molecule has 0 aliphatic rings.